The Balaban J connectivity index is 1.48. The first-order valence-electron chi connectivity index (χ1n) is 12.4. The van der Waals surface area contributed by atoms with Crippen molar-refractivity contribution in [2.45, 2.75) is 48.6 Å². The van der Waals surface area contributed by atoms with E-state index in [1.165, 1.54) is 11.8 Å². The average Bonchev–Trinajstić information content (AvgIpc) is 3.52. The maximum absolute atomic E-state index is 9.69. The number of fused-ring (bicyclic) bond motifs is 1. The zero-order valence-electron chi connectivity index (χ0n) is 21.3. The number of aromatic nitrogens is 4. The molecule has 0 saturated carbocycles. The number of hydrogen-bond acceptors (Lipinski definition) is 7. The van der Waals surface area contributed by atoms with Gasteiger partial charge in [-0.15, -0.1) is 0 Å². The predicted molar refractivity (Wildman–Crippen MR) is 142 cm³/mol. The van der Waals surface area contributed by atoms with E-state index in [0.29, 0.717) is 23.2 Å². The number of likely N-dealkylation sites (tertiary alicyclic amines) is 1. The van der Waals surface area contributed by atoms with Gasteiger partial charge in [-0.3, -0.25) is 9.58 Å². The molecule has 0 aliphatic carbocycles. The van der Waals surface area contributed by atoms with Crippen molar-refractivity contribution in [3.8, 4) is 23.3 Å². The third-order valence-electron chi connectivity index (χ3n) is 7.16. The number of hydrogen-bond donors (Lipinski definition) is 0. The highest BCUT2D eigenvalue weighted by Gasteiger charge is 2.26. The maximum Gasteiger partial charge on any atom is 0.103 e. The molecule has 9 heteroatoms. The summed E-state index contributed by atoms with van der Waals surface area (Å²) in [5.74, 6) is 0. The van der Waals surface area contributed by atoms with Crippen LogP contribution in [-0.4, -0.2) is 57.1 Å². The van der Waals surface area contributed by atoms with E-state index in [2.05, 4.69) is 46.7 Å². The lowest BCUT2D eigenvalue weighted by atomic mass is 10.0. The van der Waals surface area contributed by atoms with Crippen LogP contribution in [0.3, 0.4) is 0 Å². The first-order chi connectivity index (χ1) is 18.0. The fourth-order valence-corrected chi connectivity index (χ4v) is 6.24. The van der Waals surface area contributed by atoms with Gasteiger partial charge in [0.2, 0.25) is 0 Å². The van der Waals surface area contributed by atoms with Crippen molar-refractivity contribution in [2.24, 2.45) is 0 Å². The molecule has 1 aliphatic rings. The van der Waals surface area contributed by atoms with Crippen LogP contribution in [-0.2, 0) is 4.74 Å². The Morgan fingerprint density at radius 2 is 1.84 bits per heavy atom. The number of rotatable bonds is 7. The van der Waals surface area contributed by atoms with Crippen LogP contribution >= 0.6 is 11.8 Å². The largest absolute Gasteiger partial charge is 0.383 e. The minimum Gasteiger partial charge on any atom is -0.383 e. The highest BCUT2D eigenvalue weighted by molar-refractivity contribution is 7.99. The fraction of sp³-hybridized carbons (Fsp3) is 0.357. The molecule has 0 N–H and O–H groups in total. The SMILES string of the molecule is COC[C@H](C)N1CCC(n2ncc(-c3cc(Sc4ccccc4C#N)c4c(C#N)cnn4c3)c2C)CC1. The van der Waals surface area contributed by atoms with E-state index < -0.39 is 0 Å². The molecule has 4 aromatic rings. The minimum atomic E-state index is 0.356. The first kappa shape index (κ1) is 25.0. The minimum absolute atomic E-state index is 0.356. The molecule has 3 aromatic heterocycles. The van der Waals surface area contributed by atoms with Crippen LogP contribution < -0.4 is 0 Å². The molecule has 0 unspecified atom stereocenters. The van der Waals surface area contributed by atoms with Crippen molar-refractivity contribution in [1.82, 2.24) is 24.3 Å². The van der Waals surface area contributed by atoms with Gasteiger partial charge in [0.25, 0.3) is 0 Å². The van der Waals surface area contributed by atoms with Crippen molar-refractivity contribution >= 4 is 17.3 Å². The topological polar surface area (TPSA) is 95.2 Å². The highest BCUT2D eigenvalue weighted by Crippen LogP contribution is 2.38. The zero-order chi connectivity index (χ0) is 25.9. The molecule has 188 valence electrons. The van der Waals surface area contributed by atoms with Gasteiger partial charge in [0.15, 0.2) is 0 Å². The molecule has 8 nitrogen and oxygen atoms in total. The van der Waals surface area contributed by atoms with E-state index in [-0.39, 0.29) is 0 Å². The summed E-state index contributed by atoms with van der Waals surface area (Å²) in [7, 11) is 1.76. The Bertz CT molecular complexity index is 1500. The molecule has 0 spiro atoms. The third kappa shape index (κ3) is 4.86. The van der Waals surface area contributed by atoms with Gasteiger partial charge in [0.05, 0.1) is 41.7 Å². The summed E-state index contributed by atoms with van der Waals surface area (Å²) in [5, 5.41) is 28.5. The summed E-state index contributed by atoms with van der Waals surface area (Å²) < 4.78 is 9.26. The van der Waals surface area contributed by atoms with Crippen molar-refractivity contribution in [3.05, 3.63) is 65.7 Å². The van der Waals surface area contributed by atoms with Crippen LogP contribution in [0, 0.1) is 29.6 Å². The van der Waals surface area contributed by atoms with Gasteiger partial charge < -0.3 is 4.74 Å². The van der Waals surface area contributed by atoms with Crippen molar-refractivity contribution in [1.29, 1.82) is 10.5 Å². The lowest BCUT2D eigenvalue weighted by Crippen LogP contribution is -2.42. The van der Waals surface area contributed by atoms with Crippen molar-refractivity contribution < 1.29 is 4.74 Å². The van der Waals surface area contributed by atoms with Crippen LogP contribution in [0.2, 0.25) is 0 Å². The smallest absolute Gasteiger partial charge is 0.103 e. The van der Waals surface area contributed by atoms with E-state index in [1.54, 1.807) is 23.9 Å². The molecule has 5 rings (SSSR count). The summed E-state index contributed by atoms with van der Waals surface area (Å²) in [6.45, 7) is 7.14. The number of benzene rings is 1. The number of nitrogens with zero attached hydrogens (tertiary/aromatic N) is 7. The zero-order valence-corrected chi connectivity index (χ0v) is 22.1. The van der Waals surface area contributed by atoms with Gasteiger partial charge in [-0.05, 0) is 44.9 Å². The maximum atomic E-state index is 9.69. The second-order valence-corrected chi connectivity index (χ2v) is 10.5. The summed E-state index contributed by atoms with van der Waals surface area (Å²) in [6, 6.07) is 14.9. The average molecular weight is 512 g/mol. The highest BCUT2D eigenvalue weighted by atomic mass is 32.2. The lowest BCUT2D eigenvalue weighted by Gasteiger charge is -2.36. The number of ether oxygens (including phenoxy) is 1. The fourth-order valence-electron chi connectivity index (χ4n) is 5.15. The molecular weight excluding hydrogens is 482 g/mol. The van der Waals surface area contributed by atoms with Crippen LogP contribution in [0.4, 0.5) is 0 Å². The van der Waals surface area contributed by atoms with Crippen LogP contribution in [0.5, 0.6) is 0 Å². The van der Waals surface area contributed by atoms with Gasteiger partial charge in [0.1, 0.15) is 12.1 Å². The van der Waals surface area contributed by atoms with Gasteiger partial charge in [0, 0.05) is 59.0 Å². The van der Waals surface area contributed by atoms with Crippen molar-refractivity contribution in [2.75, 3.05) is 26.8 Å². The predicted octanol–water partition coefficient (Wildman–Crippen LogP) is 5.07. The molecule has 1 fully saturated rings. The quantitative estimate of drug-likeness (QED) is 0.342. The Morgan fingerprint density at radius 3 is 2.57 bits per heavy atom. The van der Waals surface area contributed by atoms with E-state index in [4.69, 9.17) is 9.84 Å². The molecule has 37 heavy (non-hydrogen) atoms. The molecule has 1 aromatic carbocycles. The molecule has 1 aliphatic heterocycles. The van der Waals surface area contributed by atoms with E-state index in [0.717, 1.165) is 64.7 Å². The Kier molecular flexibility index (Phi) is 7.29. The first-order valence-corrected chi connectivity index (χ1v) is 13.2. The summed E-state index contributed by atoms with van der Waals surface area (Å²) in [5.41, 5.74) is 4.98. The second kappa shape index (κ2) is 10.8. The van der Waals surface area contributed by atoms with Crippen LogP contribution in [0.1, 0.15) is 42.6 Å². The van der Waals surface area contributed by atoms with Gasteiger partial charge in [-0.25, -0.2) is 4.52 Å². The normalized spacial score (nSPS) is 15.5. The van der Waals surface area contributed by atoms with Crippen LogP contribution in [0.15, 0.2) is 58.7 Å². The Morgan fingerprint density at radius 1 is 1.08 bits per heavy atom. The Labute approximate surface area is 221 Å². The van der Waals surface area contributed by atoms with Crippen molar-refractivity contribution in [3.63, 3.8) is 0 Å². The monoisotopic (exact) mass is 511 g/mol. The molecule has 1 atom stereocenters. The molecule has 4 heterocycles. The number of methoxy groups -OCH3 is 1. The number of pyridine rings is 1. The van der Waals surface area contributed by atoms with Gasteiger partial charge >= 0.3 is 0 Å². The summed E-state index contributed by atoms with van der Waals surface area (Å²) in [4.78, 5) is 4.21. The molecular formula is C28H29N7OS. The molecule has 0 radical (unpaired) electrons. The standard InChI is InChI=1S/C28H29N7OS/c1-19(18-36-3)33-10-8-24(9-11-33)35-20(2)25(16-32-35)22-12-27(28-23(14-30)15-31-34(28)17-22)37-26-7-5-4-6-21(26)13-29/h4-7,12,15-17,19,24H,8-11,18H2,1-3H3/t19-/m0/s1. The molecule has 0 bridgehead atoms. The summed E-state index contributed by atoms with van der Waals surface area (Å²) >= 11 is 1.48. The van der Waals surface area contributed by atoms with E-state index >= 15 is 0 Å². The van der Waals surface area contributed by atoms with E-state index in [9.17, 15) is 10.5 Å². The lowest BCUT2D eigenvalue weighted by molar-refractivity contribution is 0.0731. The molecule has 1 saturated heterocycles. The summed E-state index contributed by atoms with van der Waals surface area (Å²) in [6.07, 6.45) is 7.58. The van der Waals surface area contributed by atoms with E-state index in [1.807, 2.05) is 30.6 Å². The van der Waals surface area contributed by atoms with Crippen LogP contribution in [0.25, 0.3) is 16.6 Å². The van der Waals surface area contributed by atoms with Gasteiger partial charge in [-0.2, -0.15) is 20.7 Å². The second-order valence-electron chi connectivity index (χ2n) is 9.43. The van der Waals surface area contributed by atoms with Gasteiger partial charge in [-0.1, -0.05) is 23.9 Å². The number of nitriles is 2. The Hall–Kier alpha value is -3.63. The molecule has 0 amide bonds. The number of piperidine rings is 1. The third-order valence-corrected chi connectivity index (χ3v) is 8.26.